The van der Waals surface area contributed by atoms with E-state index in [1.807, 2.05) is 36.5 Å². The van der Waals surface area contributed by atoms with Gasteiger partial charge in [0.2, 0.25) is 0 Å². The standard InChI is InChI=1S/C14H15N3O2/c18-14(19-10-11-5-2-1-3-6-11)16-12-9-17-8-4-7-13(17)15-12/h1-3,5-6,9H,4,7-8,10H2,(H,16,18). The number of amides is 1. The number of nitrogens with one attached hydrogen (secondary N) is 1. The van der Waals surface area contributed by atoms with Crippen molar-refractivity contribution in [3.63, 3.8) is 0 Å². The Morgan fingerprint density at radius 3 is 3.00 bits per heavy atom. The van der Waals surface area contributed by atoms with Crippen molar-refractivity contribution in [2.75, 3.05) is 5.32 Å². The molecule has 98 valence electrons. The summed E-state index contributed by atoms with van der Waals surface area (Å²) in [5, 5.41) is 2.65. The van der Waals surface area contributed by atoms with Gasteiger partial charge in [-0.05, 0) is 12.0 Å². The number of ether oxygens (including phenoxy) is 1. The summed E-state index contributed by atoms with van der Waals surface area (Å²) in [7, 11) is 0. The maximum atomic E-state index is 11.6. The fraction of sp³-hybridized carbons (Fsp3) is 0.286. The molecule has 1 amide bonds. The average molecular weight is 257 g/mol. The lowest BCUT2D eigenvalue weighted by Crippen LogP contribution is -2.13. The zero-order valence-corrected chi connectivity index (χ0v) is 10.5. The highest BCUT2D eigenvalue weighted by Crippen LogP contribution is 2.17. The molecule has 0 saturated carbocycles. The summed E-state index contributed by atoms with van der Waals surface area (Å²) in [6.45, 7) is 1.24. The van der Waals surface area contributed by atoms with Crippen molar-refractivity contribution in [1.82, 2.24) is 9.55 Å². The van der Waals surface area contributed by atoms with Gasteiger partial charge in [-0.2, -0.15) is 0 Å². The maximum Gasteiger partial charge on any atom is 0.413 e. The summed E-state index contributed by atoms with van der Waals surface area (Å²) in [6.07, 6.45) is 3.48. The van der Waals surface area contributed by atoms with E-state index in [9.17, 15) is 4.79 Å². The predicted octanol–water partition coefficient (Wildman–Crippen LogP) is 2.58. The second-order valence-electron chi connectivity index (χ2n) is 4.53. The van der Waals surface area contributed by atoms with Crippen molar-refractivity contribution in [2.45, 2.75) is 26.0 Å². The zero-order valence-electron chi connectivity index (χ0n) is 10.5. The van der Waals surface area contributed by atoms with Crippen molar-refractivity contribution in [2.24, 2.45) is 0 Å². The quantitative estimate of drug-likeness (QED) is 0.919. The number of hydrogen-bond donors (Lipinski definition) is 1. The Balaban J connectivity index is 1.53. The van der Waals surface area contributed by atoms with Crippen molar-refractivity contribution in [1.29, 1.82) is 0 Å². The molecule has 3 rings (SSSR count). The summed E-state index contributed by atoms with van der Waals surface area (Å²) in [4.78, 5) is 16.0. The third kappa shape index (κ3) is 2.76. The number of aryl methyl sites for hydroxylation is 2. The van der Waals surface area contributed by atoms with Gasteiger partial charge in [0.15, 0.2) is 5.82 Å². The van der Waals surface area contributed by atoms with Crippen LogP contribution in [-0.4, -0.2) is 15.6 Å². The Morgan fingerprint density at radius 1 is 1.37 bits per heavy atom. The van der Waals surface area contributed by atoms with Crippen LogP contribution in [0.5, 0.6) is 0 Å². The van der Waals surface area contributed by atoms with Crippen LogP contribution in [0.25, 0.3) is 0 Å². The minimum atomic E-state index is -0.472. The molecule has 5 nitrogen and oxygen atoms in total. The van der Waals surface area contributed by atoms with Crippen LogP contribution >= 0.6 is 0 Å². The molecule has 0 saturated heterocycles. The summed E-state index contributed by atoms with van der Waals surface area (Å²) in [6, 6.07) is 9.58. The van der Waals surface area contributed by atoms with E-state index in [-0.39, 0.29) is 6.61 Å². The van der Waals surface area contributed by atoms with E-state index >= 15 is 0 Å². The molecular weight excluding hydrogens is 242 g/mol. The molecule has 1 aliphatic rings. The van der Waals surface area contributed by atoms with E-state index in [1.54, 1.807) is 0 Å². The van der Waals surface area contributed by atoms with Gasteiger partial charge in [-0.3, -0.25) is 5.32 Å². The summed E-state index contributed by atoms with van der Waals surface area (Å²) in [5.74, 6) is 1.59. The zero-order chi connectivity index (χ0) is 13.1. The van der Waals surface area contributed by atoms with Gasteiger partial charge in [0.25, 0.3) is 0 Å². The minimum absolute atomic E-state index is 0.264. The predicted molar refractivity (Wildman–Crippen MR) is 70.8 cm³/mol. The maximum absolute atomic E-state index is 11.6. The van der Waals surface area contributed by atoms with Crippen molar-refractivity contribution >= 4 is 11.9 Å². The molecule has 1 aromatic heterocycles. The molecule has 2 aromatic rings. The fourth-order valence-corrected chi connectivity index (χ4v) is 2.18. The topological polar surface area (TPSA) is 56.2 Å². The molecule has 1 aliphatic heterocycles. The summed E-state index contributed by atoms with van der Waals surface area (Å²) in [5.41, 5.74) is 0.963. The first-order chi connectivity index (χ1) is 9.31. The molecule has 2 heterocycles. The number of imidazole rings is 1. The lowest BCUT2D eigenvalue weighted by Gasteiger charge is -2.04. The van der Waals surface area contributed by atoms with Gasteiger partial charge < -0.3 is 9.30 Å². The van der Waals surface area contributed by atoms with Crippen LogP contribution in [-0.2, 0) is 24.3 Å². The monoisotopic (exact) mass is 257 g/mol. The Hall–Kier alpha value is -2.30. The van der Waals surface area contributed by atoms with Crippen LogP contribution in [0.1, 0.15) is 17.8 Å². The molecule has 0 atom stereocenters. The van der Waals surface area contributed by atoms with E-state index in [0.29, 0.717) is 5.82 Å². The van der Waals surface area contributed by atoms with Gasteiger partial charge in [0.1, 0.15) is 12.4 Å². The number of carbonyl (C=O) groups excluding carboxylic acids is 1. The van der Waals surface area contributed by atoms with Gasteiger partial charge in [-0.15, -0.1) is 0 Å². The average Bonchev–Trinajstić information content (AvgIpc) is 2.98. The number of benzene rings is 1. The largest absolute Gasteiger partial charge is 0.444 e. The van der Waals surface area contributed by atoms with Crippen LogP contribution in [0.4, 0.5) is 10.6 Å². The van der Waals surface area contributed by atoms with E-state index in [0.717, 1.165) is 30.8 Å². The molecule has 1 N–H and O–H groups in total. The Kier molecular flexibility index (Phi) is 3.18. The van der Waals surface area contributed by atoms with Crippen molar-refractivity contribution in [3.05, 3.63) is 47.9 Å². The molecule has 0 fully saturated rings. The number of anilines is 1. The molecule has 5 heteroatoms. The first kappa shape index (κ1) is 11.8. The Bertz CT molecular complexity index is 556. The molecule has 19 heavy (non-hydrogen) atoms. The van der Waals surface area contributed by atoms with Crippen LogP contribution in [0.15, 0.2) is 36.5 Å². The van der Waals surface area contributed by atoms with Crippen LogP contribution in [0, 0.1) is 0 Å². The van der Waals surface area contributed by atoms with Crippen LogP contribution < -0.4 is 5.32 Å². The summed E-state index contributed by atoms with van der Waals surface area (Å²) >= 11 is 0. The Labute approximate surface area is 111 Å². The molecule has 0 aliphatic carbocycles. The molecule has 0 bridgehead atoms. The second kappa shape index (κ2) is 5.14. The van der Waals surface area contributed by atoms with Gasteiger partial charge in [-0.25, -0.2) is 9.78 Å². The summed E-state index contributed by atoms with van der Waals surface area (Å²) < 4.78 is 7.20. The van der Waals surface area contributed by atoms with Crippen LogP contribution in [0.3, 0.4) is 0 Å². The molecule has 1 aromatic carbocycles. The van der Waals surface area contributed by atoms with Gasteiger partial charge in [0, 0.05) is 19.2 Å². The third-order valence-corrected chi connectivity index (χ3v) is 3.10. The first-order valence-corrected chi connectivity index (χ1v) is 6.35. The van der Waals surface area contributed by atoms with Crippen LogP contribution in [0.2, 0.25) is 0 Å². The first-order valence-electron chi connectivity index (χ1n) is 6.35. The van der Waals surface area contributed by atoms with E-state index in [4.69, 9.17) is 4.74 Å². The van der Waals surface area contributed by atoms with Crippen molar-refractivity contribution < 1.29 is 9.53 Å². The van der Waals surface area contributed by atoms with E-state index in [2.05, 4.69) is 14.9 Å². The van der Waals surface area contributed by atoms with Gasteiger partial charge >= 0.3 is 6.09 Å². The SMILES string of the molecule is O=C(Nc1cn2c(n1)CCC2)OCc1ccccc1. The molecular formula is C14H15N3O2. The smallest absolute Gasteiger partial charge is 0.413 e. The second-order valence-corrected chi connectivity index (χ2v) is 4.53. The fourth-order valence-electron chi connectivity index (χ4n) is 2.18. The van der Waals surface area contributed by atoms with Gasteiger partial charge in [0.05, 0.1) is 0 Å². The normalized spacial score (nSPS) is 13.1. The number of nitrogens with zero attached hydrogens (tertiary/aromatic N) is 2. The number of hydrogen-bond acceptors (Lipinski definition) is 3. The molecule has 0 unspecified atom stereocenters. The van der Waals surface area contributed by atoms with E-state index in [1.165, 1.54) is 0 Å². The highest BCUT2D eigenvalue weighted by molar-refractivity contribution is 5.83. The number of aromatic nitrogens is 2. The highest BCUT2D eigenvalue weighted by atomic mass is 16.5. The van der Waals surface area contributed by atoms with Gasteiger partial charge in [-0.1, -0.05) is 30.3 Å². The number of rotatable bonds is 3. The molecule has 0 spiro atoms. The number of fused-ring (bicyclic) bond motifs is 1. The minimum Gasteiger partial charge on any atom is -0.444 e. The number of carbonyl (C=O) groups is 1. The van der Waals surface area contributed by atoms with E-state index < -0.39 is 6.09 Å². The third-order valence-electron chi connectivity index (χ3n) is 3.10. The lowest BCUT2D eigenvalue weighted by molar-refractivity contribution is 0.155. The molecule has 0 radical (unpaired) electrons. The highest BCUT2D eigenvalue weighted by Gasteiger charge is 2.15. The Morgan fingerprint density at radius 2 is 2.21 bits per heavy atom. The lowest BCUT2D eigenvalue weighted by atomic mass is 10.2. The van der Waals surface area contributed by atoms with Crippen molar-refractivity contribution in [3.8, 4) is 0 Å².